The fourth-order valence-corrected chi connectivity index (χ4v) is 5.27. The molecular formula is C28H23BrO. The lowest BCUT2D eigenvalue weighted by molar-refractivity contribution is 0.481. The summed E-state index contributed by atoms with van der Waals surface area (Å²) in [4.78, 5) is 0. The first-order valence-electron chi connectivity index (χ1n) is 10.5. The average molecular weight is 455 g/mol. The zero-order chi connectivity index (χ0) is 20.5. The van der Waals surface area contributed by atoms with Gasteiger partial charge >= 0.3 is 0 Å². The Kier molecular flexibility index (Phi) is 5.18. The van der Waals surface area contributed by atoms with Crippen LogP contribution in [0.25, 0.3) is 27.1 Å². The number of fused-ring (bicyclic) bond motifs is 5. The number of rotatable bonds is 0. The molecule has 0 amide bonds. The number of hydrogen-bond donors (Lipinski definition) is 1. The van der Waals surface area contributed by atoms with Crippen LogP contribution in [0.2, 0.25) is 0 Å². The molecule has 0 atom stereocenters. The molecule has 4 aromatic carbocycles. The van der Waals surface area contributed by atoms with Crippen molar-refractivity contribution in [3.63, 3.8) is 0 Å². The Balaban J connectivity index is 0.000000149. The summed E-state index contributed by atoms with van der Waals surface area (Å²) < 4.78 is 1.23. The van der Waals surface area contributed by atoms with Gasteiger partial charge in [0.15, 0.2) is 0 Å². The van der Waals surface area contributed by atoms with Crippen molar-refractivity contribution in [1.82, 2.24) is 0 Å². The van der Waals surface area contributed by atoms with Crippen molar-refractivity contribution in [1.29, 1.82) is 0 Å². The molecule has 148 valence electrons. The van der Waals surface area contributed by atoms with Crippen LogP contribution >= 0.6 is 15.9 Å². The first kappa shape index (κ1) is 19.1. The van der Waals surface area contributed by atoms with Crippen LogP contribution in [0.4, 0.5) is 0 Å². The van der Waals surface area contributed by atoms with E-state index in [0.717, 1.165) is 10.8 Å². The molecule has 0 saturated carbocycles. The van der Waals surface area contributed by atoms with Crippen molar-refractivity contribution in [3.8, 4) is 5.75 Å². The normalized spacial score (nSPS) is 14.8. The molecular weight excluding hydrogens is 432 g/mol. The van der Waals surface area contributed by atoms with Crippen LogP contribution in [0.5, 0.6) is 5.75 Å². The lowest BCUT2D eigenvalue weighted by atomic mass is 9.79. The minimum atomic E-state index is 0.350. The molecule has 0 bridgehead atoms. The summed E-state index contributed by atoms with van der Waals surface area (Å²) >= 11 is 3.73. The zero-order valence-electron chi connectivity index (χ0n) is 16.7. The van der Waals surface area contributed by atoms with E-state index in [1.165, 1.54) is 57.6 Å². The van der Waals surface area contributed by atoms with Crippen LogP contribution in [0.3, 0.4) is 0 Å². The van der Waals surface area contributed by atoms with E-state index in [0.29, 0.717) is 5.75 Å². The molecule has 2 heteroatoms. The Hall–Kier alpha value is -2.84. The van der Waals surface area contributed by atoms with Gasteiger partial charge in [0.05, 0.1) is 0 Å². The molecule has 30 heavy (non-hydrogen) atoms. The van der Waals surface area contributed by atoms with Gasteiger partial charge in [-0.25, -0.2) is 0 Å². The van der Waals surface area contributed by atoms with Crippen LogP contribution in [-0.2, 0) is 6.42 Å². The Morgan fingerprint density at radius 3 is 2.43 bits per heavy atom. The second-order valence-corrected chi connectivity index (χ2v) is 8.74. The Morgan fingerprint density at radius 2 is 1.53 bits per heavy atom. The van der Waals surface area contributed by atoms with Crippen molar-refractivity contribution in [3.05, 3.63) is 106 Å². The largest absolute Gasteiger partial charge is 0.507 e. The Bertz CT molecular complexity index is 1310. The molecule has 0 aromatic heterocycles. The number of halogens is 1. The minimum absolute atomic E-state index is 0.350. The molecule has 4 aromatic rings. The third-order valence-corrected chi connectivity index (χ3v) is 6.77. The zero-order valence-corrected chi connectivity index (χ0v) is 18.3. The van der Waals surface area contributed by atoms with Gasteiger partial charge in [0, 0.05) is 9.86 Å². The van der Waals surface area contributed by atoms with E-state index in [9.17, 15) is 5.11 Å². The van der Waals surface area contributed by atoms with Gasteiger partial charge in [0.25, 0.3) is 0 Å². The molecule has 1 nitrogen and oxygen atoms in total. The van der Waals surface area contributed by atoms with Crippen LogP contribution in [0.15, 0.2) is 95.0 Å². The number of benzene rings is 4. The maximum absolute atomic E-state index is 9.37. The maximum atomic E-state index is 9.37. The molecule has 0 saturated heterocycles. The summed E-state index contributed by atoms with van der Waals surface area (Å²) in [6.45, 7) is 0. The van der Waals surface area contributed by atoms with E-state index in [2.05, 4.69) is 58.4 Å². The van der Waals surface area contributed by atoms with Gasteiger partial charge in [0.2, 0.25) is 0 Å². The summed E-state index contributed by atoms with van der Waals surface area (Å²) in [6, 6.07) is 24.3. The number of aromatic hydroxyl groups is 1. The van der Waals surface area contributed by atoms with E-state index in [1.807, 2.05) is 36.4 Å². The van der Waals surface area contributed by atoms with Gasteiger partial charge in [-0.2, -0.15) is 0 Å². The highest BCUT2D eigenvalue weighted by atomic mass is 79.9. The molecule has 2 aliphatic carbocycles. The van der Waals surface area contributed by atoms with Gasteiger partial charge in [0.1, 0.15) is 5.75 Å². The van der Waals surface area contributed by atoms with Gasteiger partial charge < -0.3 is 5.11 Å². The van der Waals surface area contributed by atoms with Gasteiger partial charge in [-0.1, -0.05) is 94.3 Å². The SMILES string of the molecule is Brc1cccc2ccc3c(c12)CCC1=C3C=CCC1.Oc1cccc2ccccc12. The van der Waals surface area contributed by atoms with Crippen LogP contribution in [-0.4, -0.2) is 5.11 Å². The van der Waals surface area contributed by atoms with E-state index in [1.54, 1.807) is 11.6 Å². The molecule has 0 heterocycles. The lowest BCUT2D eigenvalue weighted by Crippen LogP contribution is -2.07. The predicted octanol–water partition coefficient (Wildman–Crippen LogP) is 8.20. The second-order valence-electron chi connectivity index (χ2n) is 7.89. The second kappa shape index (κ2) is 8.12. The number of hydrogen-bond acceptors (Lipinski definition) is 1. The van der Waals surface area contributed by atoms with Crippen molar-refractivity contribution in [2.75, 3.05) is 0 Å². The topological polar surface area (TPSA) is 20.2 Å². The summed E-state index contributed by atoms with van der Waals surface area (Å²) in [6.07, 6.45) is 9.53. The lowest BCUT2D eigenvalue weighted by Gasteiger charge is -2.25. The van der Waals surface area contributed by atoms with Gasteiger partial charge in [-0.05, 0) is 70.7 Å². The van der Waals surface area contributed by atoms with Crippen LogP contribution in [0, 0.1) is 0 Å². The van der Waals surface area contributed by atoms with Crippen molar-refractivity contribution in [2.24, 2.45) is 0 Å². The summed E-state index contributed by atoms with van der Waals surface area (Å²) in [7, 11) is 0. The third kappa shape index (κ3) is 3.46. The number of allylic oxidation sites excluding steroid dienone is 4. The molecule has 1 N–H and O–H groups in total. The highest BCUT2D eigenvalue weighted by Gasteiger charge is 2.21. The first-order chi connectivity index (χ1) is 14.7. The predicted molar refractivity (Wildman–Crippen MR) is 131 cm³/mol. The molecule has 0 fully saturated rings. The maximum Gasteiger partial charge on any atom is 0.123 e. The standard InChI is InChI=1S/C18H15Br.C10H8O/c19-17-7-3-5-13-9-10-15-14-6-2-1-4-12(14)8-11-16(15)18(13)17;11-10-7-3-5-8-4-1-2-6-9(8)10/h2-3,5-7,9-10H,1,4,8,11H2;1-7,11H. The van der Waals surface area contributed by atoms with E-state index >= 15 is 0 Å². The fraction of sp³-hybridized carbons (Fsp3) is 0.143. The van der Waals surface area contributed by atoms with E-state index in [-0.39, 0.29) is 0 Å². The average Bonchev–Trinajstić information content (AvgIpc) is 2.79. The summed E-state index contributed by atoms with van der Waals surface area (Å²) in [5.41, 5.74) is 6.12. The molecule has 0 radical (unpaired) electrons. The summed E-state index contributed by atoms with van der Waals surface area (Å²) in [5, 5.41) is 14.1. The first-order valence-corrected chi connectivity index (χ1v) is 11.3. The van der Waals surface area contributed by atoms with Crippen molar-refractivity contribution in [2.45, 2.75) is 25.7 Å². The quantitative estimate of drug-likeness (QED) is 0.283. The van der Waals surface area contributed by atoms with Crippen molar-refractivity contribution < 1.29 is 5.11 Å². The number of phenolic OH excluding ortho intramolecular Hbond substituents is 1. The highest BCUT2D eigenvalue weighted by molar-refractivity contribution is 9.10. The minimum Gasteiger partial charge on any atom is -0.507 e. The Morgan fingerprint density at radius 1 is 0.733 bits per heavy atom. The fourth-order valence-electron chi connectivity index (χ4n) is 4.65. The van der Waals surface area contributed by atoms with E-state index < -0.39 is 0 Å². The molecule has 6 rings (SSSR count). The van der Waals surface area contributed by atoms with Crippen LogP contribution < -0.4 is 0 Å². The molecule has 0 spiro atoms. The van der Waals surface area contributed by atoms with Gasteiger partial charge in [-0.15, -0.1) is 0 Å². The Labute approximate surface area is 185 Å². The molecule has 0 aliphatic heterocycles. The summed E-state index contributed by atoms with van der Waals surface area (Å²) in [5.74, 6) is 0.350. The third-order valence-electron chi connectivity index (χ3n) is 6.11. The van der Waals surface area contributed by atoms with Crippen molar-refractivity contribution >= 4 is 43.0 Å². The smallest absolute Gasteiger partial charge is 0.123 e. The highest BCUT2D eigenvalue weighted by Crippen LogP contribution is 2.41. The van der Waals surface area contributed by atoms with Gasteiger partial charge in [-0.3, -0.25) is 0 Å². The number of aryl methyl sites for hydroxylation is 1. The van der Waals surface area contributed by atoms with E-state index in [4.69, 9.17) is 0 Å². The van der Waals surface area contributed by atoms with Crippen LogP contribution in [0.1, 0.15) is 30.4 Å². The monoisotopic (exact) mass is 454 g/mol. The number of phenols is 1. The molecule has 2 aliphatic rings. The molecule has 0 unspecified atom stereocenters.